The Bertz CT molecular complexity index is 919. The number of rotatable bonds is 5. The smallest absolute Gasteiger partial charge is 0.228 e. The third-order valence-electron chi connectivity index (χ3n) is 3.72. The number of nitrogens with one attached hydrogen (secondary N) is 2. The first-order valence-electron chi connectivity index (χ1n) is 8.01. The van der Waals surface area contributed by atoms with Crippen LogP contribution in [0.15, 0.2) is 48.8 Å². The number of carbonyl (C=O) groups is 2. The number of aryl methyl sites for hydroxylation is 1. The maximum atomic E-state index is 12.3. The van der Waals surface area contributed by atoms with Crippen molar-refractivity contribution in [3.05, 3.63) is 59.9 Å². The van der Waals surface area contributed by atoms with Gasteiger partial charge in [-0.05, 0) is 58.8 Å². The Labute approximate surface area is 150 Å². The van der Waals surface area contributed by atoms with Crippen molar-refractivity contribution in [3.8, 4) is 5.69 Å². The quantitative estimate of drug-likeness (QED) is 0.734. The minimum atomic E-state index is -0.129. The first-order valence-corrected chi connectivity index (χ1v) is 8.01. The molecule has 0 saturated carbocycles. The number of tetrazole rings is 1. The van der Waals surface area contributed by atoms with E-state index >= 15 is 0 Å². The molecule has 0 aliphatic carbocycles. The number of hydrogen-bond donors (Lipinski definition) is 2. The van der Waals surface area contributed by atoms with Gasteiger partial charge in [-0.2, -0.15) is 0 Å². The zero-order chi connectivity index (χ0) is 18.5. The summed E-state index contributed by atoms with van der Waals surface area (Å²) in [5.74, 6) is -0.247. The molecule has 0 aliphatic rings. The Morgan fingerprint density at radius 2 is 1.77 bits per heavy atom. The van der Waals surface area contributed by atoms with Crippen molar-refractivity contribution in [1.82, 2.24) is 20.2 Å². The van der Waals surface area contributed by atoms with Gasteiger partial charge in [-0.3, -0.25) is 9.59 Å². The van der Waals surface area contributed by atoms with Crippen LogP contribution in [0.4, 0.5) is 11.4 Å². The topological polar surface area (TPSA) is 102 Å². The minimum absolute atomic E-state index is 0.119. The van der Waals surface area contributed by atoms with E-state index in [4.69, 9.17) is 0 Å². The van der Waals surface area contributed by atoms with Crippen LogP contribution in [0.25, 0.3) is 5.69 Å². The molecule has 26 heavy (non-hydrogen) atoms. The summed E-state index contributed by atoms with van der Waals surface area (Å²) in [4.78, 5) is 23.3. The fourth-order valence-electron chi connectivity index (χ4n) is 2.56. The molecule has 8 nitrogen and oxygen atoms in total. The van der Waals surface area contributed by atoms with E-state index < -0.39 is 0 Å². The molecule has 0 bridgehead atoms. The van der Waals surface area contributed by atoms with Crippen LogP contribution in [0, 0.1) is 6.92 Å². The largest absolute Gasteiger partial charge is 0.326 e. The lowest BCUT2D eigenvalue weighted by Gasteiger charge is -2.10. The third-order valence-corrected chi connectivity index (χ3v) is 3.72. The maximum absolute atomic E-state index is 12.3. The Morgan fingerprint density at radius 1 is 1.04 bits per heavy atom. The normalized spacial score (nSPS) is 10.4. The van der Waals surface area contributed by atoms with E-state index in [1.54, 1.807) is 16.8 Å². The Balaban J connectivity index is 1.63. The number of hydrogen-bond acceptors (Lipinski definition) is 5. The first-order chi connectivity index (χ1) is 12.5. The number of carbonyl (C=O) groups excluding carboxylic acids is 2. The molecule has 0 aliphatic heterocycles. The summed E-state index contributed by atoms with van der Waals surface area (Å²) in [5.41, 5.74) is 4.06. The van der Waals surface area contributed by atoms with Crippen LogP contribution in [-0.2, 0) is 16.0 Å². The molecular weight excluding hydrogens is 332 g/mol. The summed E-state index contributed by atoms with van der Waals surface area (Å²) in [6.07, 6.45) is 1.76. The monoisotopic (exact) mass is 350 g/mol. The van der Waals surface area contributed by atoms with Crippen LogP contribution in [0.3, 0.4) is 0 Å². The zero-order valence-electron chi connectivity index (χ0n) is 14.4. The molecule has 2 aromatic carbocycles. The highest BCUT2D eigenvalue weighted by atomic mass is 16.2. The van der Waals surface area contributed by atoms with E-state index in [0.29, 0.717) is 11.4 Å². The van der Waals surface area contributed by atoms with Crippen molar-refractivity contribution in [2.75, 3.05) is 10.6 Å². The zero-order valence-corrected chi connectivity index (χ0v) is 14.4. The lowest BCUT2D eigenvalue weighted by Crippen LogP contribution is -2.14. The molecule has 1 aromatic heterocycles. The molecule has 0 fully saturated rings. The molecule has 3 rings (SSSR count). The number of nitrogens with zero attached hydrogens (tertiary/aromatic N) is 4. The van der Waals surface area contributed by atoms with Crippen molar-refractivity contribution >= 4 is 23.2 Å². The number of aromatic nitrogens is 4. The number of anilines is 2. The number of amides is 2. The molecular formula is C18H18N6O2. The molecule has 0 atom stereocenters. The summed E-state index contributed by atoms with van der Waals surface area (Å²) in [6.45, 7) is 3.38. The van der Waals surface area contributed by atoms with E-state index in [0.717, 1.165) is 16.8 Å². The number of benzene rings is 2. The molecule has 2 amide bonds. The van der Waals surface area contributed by atoms with E-state index in [1.165, 1.54) is 13.3 Å². The maximum Gasteiger partial charge on any atom is 0.228 e. The van der Waals surface area contributed by atoms with E-state index in [2.05, 4.69) is 26.2 Å². The average molecular weight is 350 g/mol. The van der Waals surface area contributed by atoms with Crippen molar-refractivity contribution in [2.24, 2.45) is 0 Å². The lowest BCUT2D eigenvalue weighted by molar-refractivity contribution is -0.116. The fraction of sp³-hybridized carbons (Fsp3) is 0.167. The van der Waals surface area contributed by atoms with Crippen molar-refractivity contribution in [2.45, 2.75) is 20.3 Å². The van der Waals surface area contributed by atoms with E-state index in [1.807, 2.05) is 37.3 Å². The second kappa shape index (κ2) is 7.56. The van der Waals surface area contributed by atoms with Gasteiger partial charge in [0.05, 0.1) is 12.1 Å². The van der Waals surface area contributed by atoms with Gasteiger partial charge in [0.15, 0.2) is 0 Å². The van der Waals surface area contributed by atoms with Gasteiger partial charge in [0, 0.05) is 18.3 Å². The Kier molecular flexibility index (Phi) is 5.02. The van der Waals surface area contributed by atoms with Crippen LogP contribution in [0.1, 0.15) is 18.1 Å². The third kappa shape index (κ3) is 4.29. The van der Waals surface area contributed by atoms with Crippen LogP contribution >= 0.6 is 0 Å². The van der Waals surface area contributed by atoms with Crippen LogP contribution in [0.2, 0.25) is 0 Å². The van der Waals surface area contributed by atoms with E-state index in [9.17, 15) is 9.59 Å². The summed E-state index contributed by atoms with van der Waals surface area (Å²) < 4.78 is 1.57. The van der Waals surface area contributed by atoms with Crippen LogP contribution in [-0.4, -0.2) is 32.0 Å². The van der Waals surface area contributed by atoms with Crippen LogP contribution < -0.4 is 10.6 Å². The van der Waals surface area contributed by atoms with Gasteiger partial charge in [0.1, 0.15) is 6.33 Å². The van der Waals surface area contributed by atoms with Gasteiger partial charge in [0.25, 0.3) is 0 Å². The molecule has 2 N–H and O–H groups in total. The fourth-order valence-corrected chi connectivity index (χ4v) is 2.56. The lowest BCUT2D eigenvalue weighted by atomic mass is 10.1. The van der Waals surface area contributed by atoms with E-state index in [-0.39, 0.29) is 18.2 Å². The summed E-state index contributed by atoms with van der Waals surface area (Å²) in [7, 11) is 0. The van der Waals surface area contributed by atoms with Crippen molar-refractivity contribution in [1.29, 1.82) is 0 Å². The predicted octanol–water partition coefficient (Wildman–Crippen LogP) is 2.11. The second-order valence-corrected chi connectivity index (χ2v) is 5.86. The minimum Gasteiger partial charge on any atom is -0.326 e. The Hall–Kier alpha value is -3.55. The van der Waals surface area contributed by atoms with Gasteiger partial charge in [-0.1, -0.05) is 12.1 Å². The van der Waals surface area contributed by atoms with Gasteiger partial charge in [-0.25, -0.2) is 4.68 Å². The highest BCUT2D eigenvalue weighted by Crippen LogP contribution is 2.18. The molecule has 8 heteroatoms. The second-order valence-electron chi connectivity index (χ2n) is 5.86. The average Bonchev–Trinajstić information content (AvgIpc) is 3.10. The van der Waals surface area contributed by atoms with Gasteiger partial charge in [0.2, 0.25) is 11.8 Å². The Morgan fingerprint density at radius 3 is 2.38 bits per heavy atom. The van der Waals surface area contributed by atoms with Crippen molar-refractivity contribution < 1.29 is 9.59 Å². The molecule has 0 radical (unpaired) electrons. The predicted molar refractivity (Wildman–Crippen MR) is 97.0 cm³/mol. The first kappa shape index (κ1) is 17.3. The summed E-state index contributed by atoms with van der Waals surface area (Å²) in [5, 5.41) is 16.7. The SMILES string of the molecule is CC(=O)Nc1ccc(CC(=O)Nc2ccc(-n3cnnn3)c(C)c2)cc1. The standard InChI is InChI=1S/C18H18N6O2/c1-12-9-16(7-8-17(12)24-11-19-22-23-24)21-18(26)10-14-3-5-15(6-4-14)20-13(2)25/h3-9,11H,10H2,1-2H3,(H,20,25)(H,21,26). The van der Waals surface area contributed by atoms with Crippen LogP contribution in [0.5, 0.6) is 0 Å². The highest BCUT2D eigenvalue weighted by Gasteiger charge is 2.08. The summed E-state index contributed by atoms with van der Waals surface area (Å²) >= 11 is 0. The highest BCUT2D eigenvalue weighted by molar-refractivity contribution is 5.93. The molecule has 132 valence electrons. The molecule has 3 aromatic rings. The molecule has 0 saturated heterocycles. The molecule has 0 unspecified atom stereocenters. The molecule has 1 heterocycles. The van der Waals surface area contributed by atoms with Gasteiger partial charge >= 0.3 is 0 Å². The van der Waals surface area contributed by atoms with Crippen molar-refractivity contribution in [3.63, 3.8) is 0 Å². The van der Waals surface area contributed by atoms with Gasteiger partial charge < -0.3 is 10.6 Å². The van der Waals surface area contributed by atoms with Gasteiger partial charge in [-0.15, -0.1) is 5.10 Å². The summed E-state index contributed by atoms with van der Waals surface area (Å²) in [6, 6.07) is 12.7. The molecule has 0 spiro atoms.